The molecule has 0 aliphatic carbocycles. The summed E-state index contributed by atoms with van der Waals surface area (Å²) >= 11 is 1.78. The zero-order valence-electron chi connectivity index (χ0n) is 9.93. The zero-order chi connectivity index (χ0) is 12.1. The summed E-state index contributed by atoms with van der Waals surface area (Å²) in [6.07, 6.45) is 0. The minimum atomic E-state index is -0.347. The van der Waals surface area contributed by atoms with Gasteiger partial charge in [-0.25, -0.2) is 0 Å². The molecule has 1 amide bonds. The molecule has 0 bridgehead atoms. The molecule has 0 heterocycles. The number of hydrogen-bond donors (Lipinski definition) is 1. The van der Waals surface area contributed by atoms with Gasteiger partial charge < -0.3 is 5.73 Å². The molecule has 0 aromatic heterocycles. The van der Waals surface area contributed by atoms with Crippen molar-refractivity contribution >= 4 is 17.7 Å². The van der Waals surface area contributed by atoms with Crippen LogP contribution in [-0.4, -0.2) is 30.7 Å². The Morgan fingerprint density at radius 2 is 1.94 bits per heavy atom. The van der Waals surface area contributed by atoms with Crippen molar-refractivity contribution in [2.75, 3.05) is 19.8 Å². The second-order valence-electron chi connectivity index (χ2n) is 3.77. The van der Waals surface area contributed by atoms with Crippen molar-refractivity contribution in [2.24, 2.45) is 5.73 Å². The third-order valence-corrected chi connectivity index (χ3v) is 3.19. The van der Waals surface area contributed by atoms with Crippen molar-refractivity contribution in [3.8, 4) is 0 Å². The van der Waals surface area contributed by atoms with Crippen LogP contribution in [0.3, 0.4) is 0 Å². The molecule has 0 aliphatic heterocycles. The second-order valence-corrected chi connectivity index (χ2v) is 5.11. The van der Waals surface area contributed by atoms with Gasteiger partial charge >= 0.3 is 0 Å². The molecule has 2 N–H and O–H groups in total. The van der Waals surface area contributed by atoms with Gasteiger partial charge in [-0.3, -0.25) is 9.69 Å². The van der Waals surface area contributed by atoms with E-state index in [1.54, 1.807) is 11.8 Å². The largest absolute Gasteiger partial charge is 0.368 e. The number of carbonyl (C=O) groups is 1. The number of thioether (sulfide) groups is 1. The van der Waals surface area contributed by atoms with Gasteiger partial charge in [0.2, 0.25) is 5.91 Å². The Hall–Kier alpha value is -1.00. The maximum Gasteiger partial charge on any atom is 0.239 e. The first-order valence-corrected chi connectivity index (χ1v) is 6.23. The molecule has 0 saturated heterocycles. The summed E-state index contributed by atoms with van der Waals surface area (Å²) in [6, 6.07) is 7.65. The molecule has 88 valence electrons. The number of hydrogen-bond acceptors (Lipinski definition) is 3. The highest BCUT2D eigenvalue weighted by Crippen LogP contribution is 2.22. The standard InChI is InChI=1S/C12H18N2OS/c1-4-16-10-7-5-9(6-8-10)11(12(13)15)14(2)3/h5-8,11H,4H2,1-3H3,(H2,13,15). The molecule has 3 nitrogen and oxygen atoms in total. The van der Waals surface area contributed by atoms with Crippen LogP contribution in [0, 0.1) is 0 Å². The van der Waals surface area contributed by atoms with Crippen LogP contribution in [0.15, 0.2) is 29.2 Å². The lowest BCUT2D eigenvalue weighted by atomic mass is 10.1. The van der Waals surface area contributed by atoms with Crippen LogP contribution in [0.25, 0.3) is 0 Å². The highest BCUT2D eigenvalue weighted by Gasteiger charge is 2.19. The van der Waals surface area contributed by atoms with E-state index in [1.165, 1.54) is 4.90 Å². The lowest BCUT2D eigenvalue weighted by molar-refractivity contribution is -0.122. The number of primary amides is 1. The number of carbonyl (C=O) groups excluding carboxylic acids is 1. The Morgan fingerprint density at radius 3 is 2.31 bits per heavy atom. The topological polar surface area (TPSA) is 46.3 Å². The third kappa shape index (κ3) is 3.25. The Balaban J connectivity index is 2.90. The van der Waals surface area contributed by atoms with Crippen molar-refractivity contribution in [1.82, 2.24) is 4.90 Å². The Morgan fingerprint density at radius 1 is 1.38 bits per heavy atom. The summed E-state index contributed by atoms with van der Waals surface area (Å²) in [6.45, 7) is 2.12. The second kappa shape index (κ2) is 5.92. The minimum absolute atomic E-state index is 0.319. The molecule has 1 aromatic carbocycles. The number of rotatable bonds is 5. The summed E-state index contributed by atoms with van der Waals surface area (Å²) in [5, 5.41) is 0. The van der Waals surface area contributed by atoms with Crippen LogP contribution in [0.2, 0.25) is 0 Å². The van der Waals surface area contributed by atoms with Crippen LogP contribution in [0.5, 0.6) is 0 Å². The van der Waals surface area contributed by atoms with E-state index in [9.17, 15) is 4.79 Å². The lowest BCUT2D eigenvalue weighted by Crippen LogP contribution is -2.32. The highest BCUT2D eigenvalue weighted by atomic mass is 32.2. The first-order chi connectivity index (χ1) is 7.56. The predicted octanol–water partition coefficient (Wildman–Crippen LogP) is 1.89. The molecule has 0 aliphatic rings. The molecular weight excluding hydrogens is 220 g/mol. The van der Waals surface area contributed by atoms with E-state index in [0.717, 1.165) is 11.3 Å². The lowest BCUT2D eigenvalue weighted by Gasteiger charge is -2.21. The quantitative estimate of drug-likeness (QED) is 0.797. The molecule has 1 aromatic rings. The fourth-order valence-corrected chi connectivity index (χ4v) is 2.29. The van der Waals surface area contributed by atoms with Crippen LogP contribution in [0.4, 0.5) is 0 Å². The van der Waals surface area contributed by atoms with Crippen LogP contribution in [-0.2, 0) is 4.79 Å². The average Bonchev–Trinajstić information content (AvgIpc) is 2.20. The van der Waals surface area contributed by atoms with E-state index in [0.29, 0.717) is 0 Å². The van der Waals surface area contributed by atoms with E-state index < -0.39 is 0 Å². The first kappa shape index (κ1) is 13.1. The first-order valence-electron chi connectivity index (χ1n) is 5.24. The smallest absolute Gasteiger partial charge is 0.239 e. The molecule has 0 radical (unpaired) electrons. The molecule has 0 fully saturated rings. The summed E-state index contributed by atoms with van der Waals surface area (Å²) in [4.78, 5) is 14.4. The SMILES string of the molecule is CCSc1ccc(C(C(N)=O)N(C)C)cc1. The number of nitrogens with two attached hydrogens (primary N) is 1. The van der Waals surface area contributed by atoms with E-state index in [1.807, 2.05) is 43.3 Å². The predicted molar refractivity (Wildman–Crippen MR) is 68.5 cm³/mol. The summed E-state index contributed by atoms with van der Waals surface area (Å²) in [7, 11) is 3.70. The number of amides is 1. The van der Waals surface area contributed by atoms with Crippen molar-refractivity contribution in [3.63, 3.8) is 0 Å². The van der Waals surface area contributed by atoms with E-state index in [-0.39, 0.29) is 11.9 Å². The molecule has 0 spiro atoms. The Bertz CT molecular complexity index is 349. The van der Waals surface area contributed by atoms with Gasteiger partial charge in [0.25, 0.3) is 0 Å². The van der Waals surface area contributed by atoms with E-state index in [2.05, 4.69) is 6.92 Å². The van der Waals surface area contributed by atoms with Gasteiger partial charge in [-0.15, -0.1) is 11.8 Å². The fraction of sp³-hybridized carbons (Fsp3) is 0.417. The molecule has 1 rings (SSSR count). The van der Waals surface area contributed by atoms with Crippen LogP contribution >= 0.6 is 11.8 Å². The average molecular weight is 238 g/mol. The highest BCUT2D eigenvalue weighted by molar-refractivity contribution is 7.99. The van der Waals surface area contributed by atoms with Crippen molar-refractivity contribution in [1.29, 1.82) is 0 Å². The number of benzene rings is 1. The normalized spacial score (nSPS) is 12.8. The Kier molecular flexibility index (Phi) is 4.83. The van der Waals surface area contributed by atoms with Crippen molar-refractivity contribution in [2.45, 2.75) is 17.9 Å². The number of likely N-dealkylation sites (N-methyl/N-ethyl adjacent to an activating group) is 1. The summed E-state index contributed by atoms with van der Waals surface area (Å²) < 4.78 is 0. The van der Waals surface area contributed by atoms with Gasteiger partial charge in [-0.05, 0) is 37.5 Å². The molecular formula is C12H18N2OS. The van der Waals surface area contributed by atoms with E-state index in [4.69, 9.17) is 5.73 Å². The summed E-state index contributed by atoms with van der Waals surface area (Å²) in [5.41, 5.74) is 6.32. The minimum Gasteiger partial charge on any atom is -0.368 e. The van der Waals surface area contributed by atoms with E-state index >= 15 is 0 Å². The fourth-order valence-electron chi connectivity index (χ4n) is 1.63. The maximum atomic E-state index is 11.3. The third-order valence-electron chi connectivity index (χ3n) is 2.29. The van der Waals surface area contributed by atoms with Gasteiger partial charge in [0, 0.05) is 4.90 Å². The molecule has 1 unspecified atom stereocenters. The van der Waals surface area contributed by atoms with Crippen LogP contribution < -0.4 is 5.73 Å². The van der Waals surface area contributed by atoms with Gasteiger partial charge in [-0.1, -0.05) is 19.1 Å². The summed E-state index contributed by atoms with van der Waals surface area (Å²) in [5.74, 6) is 0.729. The molecule has 4 heteroatoms. The zero-order valence-corrected chi connectivity index (χ0v) is 10.8. The van der Waals surface area contributed by atoms with Gasteiger partial charge in [0.1, 0.15) is 6.04 Å². The van der Waals surface area contributed by atoms with Crippen LogP contribution in [0.1, 0.15) is 18.5 Å². The van der Waals surface area contributed by atoms with Crippen molar-refractivity contribution in [3.05, 3.63) is 29.8 Å². The maximum absolute atomic E-state index is 11.3. The Labute approximate surface area is 101 Å². The van der Waals surface area contributed by atoms with Gasteiger partial charge in [0.15, 0.2) is 0 Å². The van der Waals surface area contributed by atoms with Gasteiger partial charge in [-0.2, -0.15) is 0 Å². The number of nitrogens with zero attached hydrogens (tertiary/aromatic N) is 1. The molecule has 1 atom stereocenters. The molecule has 16 heavy (non-hydrogen) atoms. The van der Waals surface area contributed by atoms with Crippen molar-refractivity contribution < 1.29 is 4.79 Å². The van der Waals surface area contributed by atoms with Gasteiger partial charge in [0.05, 0.1) is 0 Å². The monoisotopic (exact) mass is 238 g/mol. The molecule has 0 saturated carbocycles.